The van der Waals surface area contributed by atoms with E-state index in [1.807, 2.05) is 42.5 Å². The van der Waals surface area contributed by atoms with Crippen LogP contribution < -0.4 is 9.47 Å². The molecule has 3 aromatic carbocycles. The first-order chi connectivity index (χ1) is 14.8. The van der Waals surface area contributed by atoms with Crippen LogP contribution >= 0.6 is 0 Å². The Hall–Kier alpha value is -3.86. The maximum Gasteiger partial charge on any atom is 0.119 e. The molecule has 0 unspecified atom stereocenters. The number of pyridine rings is 1. The Morgan fingerprint density at radius 2 is 1.47 bits per heavy atom. The molecule has 3 aromatic rings. The van der Waals surface area contributed by atoms with Crippen LogP contribution in [0.15, 0.2) is 79.0 Å². The number of fused-ring (bicyclic) bond motifs is 3. The summed E-state index contributed by atoms with van der Waals surface area (Å²) in [6.45, 7) is 0.724. The van der Waals surface area contributed by atoms with Crippen molar-refractivity contribution < 1.29 is 9.47 Å². The van der Waals surface area contributed by atoms with Crippen LogP contribution in [-0.2, 0) is 6.54 Å². The number of rotatable bonds is 5. The van der Waals surface area contributed by atoms with Gasteiger partial charge < -0.3 is 14.0 Å². The van der Waals surface area contributed by atoms with Crippen molar-refractivity contribution in [2.45, 2.75) is 6.54 Å². The van der Waals surface area contributed by atoms with Crippen molar-refractivity contribution in [1.82, 2.24) is 14.8 Å². The van der Waals surface area contributed by atoms with Crippen molar-refractivity contribution in [1.29, 1.82) is 0 Å². The lowest BCUT2D eigenvalue weighted by Crippen LogP contribution is -2.04. The number of hydrogen-bond donors (Lipinski definition) is 0. The average Bonchev–Trinajstić information content (AvgIpc) is 3.24. The highest BCUT2D eigenvalue weighted by atomic mass is 16.5. The Bertz CT molecular complexity index is 1280. The molecular formula is C25H21N3O2. The zero-order valence-corrected chi connectivity index (χ0v) is 16.9. The van der Waals surface area contributed by atoms with Crippen molar-refractivity contribution in [3.05, 3.63) is 84.6 Å². The van der Waals surface area contributed by atoms with Crippen molar-refractivity contribution in [2.24, 2.45) is 0 Å². The van der Waals surface area contributed by atoms with Crippen LogP contribution in [0.5, 0.6) is 11.5 Å². The fraction of sp³-hybridized carbons (Fsp3) is 0.120. The molecule has 5 heteroatoms. The third kappa shape index (κ3) is 3.14. The lowest BCUT2D eigenvalue weighted by atomic mass is 10.0. The van der Waals surface area contributed by atoms with Gasteiger partial charge in [-0.2, -0.15) is 0 Å². The van der Waals surface area contributed by atoms with E-state index in [0.29, 0.717) is 0 Å². The predicted octanol–water partition coefficient (Wildman–Crippen LogP) is 5.27. The maximum atomic E-state index is 5.47. The molecule has 0 N–H and O–H groups in total. The lowest BCUT2D eigenvalue weighted by Gasteiger charge is -2.16. The molecule has 0 radical (unpaired) electrons. The summed E-state index contributed by atoms with van der Waals surface area (Å²) in [4.78, 5) is 0. The van der Waals surface area contributed by atoms with Crippen molar-refractivity contribution in [2.75, 3.05) is 14.2 Å². The quantitative estimate of drug-likeness (QED) is 0.407. The van der Waals surface area contributed by atoms with E-state index in [9.17, 15) is 0 Å². The molecule has 2 aliphatic heterocycles. The molecule has 0 bridgehead atoms. The Labute approximate surface area is 174 Å². The molecule has 0 amide bonds. The monoisotopic (exact) mass is 395 g/mol. The molecule has 0 saturated carbocycles. The standard InChI is InChI=1S/C25H21N3O2/c1-29-19-10-8-17(9-11-19)15-28-16-22-24(18-6-4-3-5-7-18)26-27-25(22)21-14-20(30-2)12-13-23(21)28/h3-14,16H,15H2,1-2H3. The first kappa shape index (κ1) is 18.2. The first-order valence-electron chi connectivity index (χ1n) is 9.78. The molecule has 0 saturated heterocycles. The topological polar surface area (TPSA) is 49.2 Å². The van der Waals surface area contributed by atoms with E-state index >= 15 is 0 Å². The van der Waals surface area contributed by atoms with E-state index in [1.54, 1.807) is 14.2 Å². The summed E-state index contributed by atoms with van der Waals surface area (Å²) in [6, 6.07) is 24.4. The molecule has 148 valence electrons. The Kier molecular flexibility index (Phi) is 4.56. The van der Waals surface area contributed by atoms with Crippen LogP contribution in [-0.4, -0.2) is 29.0 Å². The van der Waals surface area contributed by atoms with Gasteiger partial charge in [-0.05, 0) is 35.9 Å². The van der Waals surface area contributed by atoms with Gasteiger partial charge in [0, 0.05) is 29.3 Å². The third-order valence-corrected chi connectivity index (χ3v) is 5.37. The smallest absolute Gasteiger partial charge is 0.119 e. The summed E-state index contributed by atoms with van der Waals surface area (Å²) in [5, 5.41) is 10.1. The highest BCUT2D eigenvalue weighted by Crippen LogP contribution is 2.37. The number of hydrogen-bond acceptors (Lipinski definition) is 4. The summed E-state index contributed by atoms with van der Waals surface area (Å²) in [5.41, 5.74) is 6.12. The van der Waals surface area contributed by atoms with Gasteiger partial charge in [-0.25, -0.2) is 0 Å². The van der Waals surface area contributed by atoms with Crippen LogP contribution in [0.4, 0.5) is 0 Å². The molecule has 2 aliphatic rings. The highest BCUT2D eigenvalue weighted by Gasteiger charge is 2.20. The van der Waals surface area contributed by atoms with Crippen LogP contribution in [0, 0.1) is 0 Å². The van der Waals surface area contributed by atoms with Crippen LogP contribution in [0.1, 0.15) is 5.56 Å². The Balaban J connectivity index is 1.70. The van der Waals surface area contributed by atoms with Gasteiger partial charge in [0.1, 0.15) is 22.9 Å². The molecule has 0 atom stereocenters. The molecule has 5 nitrogen and oxygen atoms in total. The van der Waals surface area contributed by atoms with Crippen molar-refractivity contribution >= 4 is 10.9 Å². The van der Waals surface area contributed by atoms with Crippen LogP contribution in [0.25, 0.3) is 33.4 Å². The molecule has 0 aromatic heterocycles. The molecule has 5 rings (SSSR count). The van der Waals surface area contributed by atoms with Gasteiger partial charge in [-0.3, -0.25) is 0 Å². The SMILES string of the molecule is COc1ccc(Cn2cc3c(-c4ccccc4)nnc-3c3cc(OC)ccc32)cc1. The molecule has 2 heterocycles. The van der Waals surface area contributed by atoms with E-state index in [2.05, 4.69) is 51.3 Å². The number of ether oxygens (including phenoxy) is 2. The summed E-state index contributed by atoms with van der Waals surface area (Å²) in [7, 11) is 3.36. The van der Waals surface area contributed by atoms with E-state index < -0.39 is 0 Å². The average molecular weight is 395 g/mol. The second kappa shape index (κ2) is 7.52. The van der Waals surface area contributed by atoms with Gasteiger partial charge in [0.25, 0.3) is 0 Å². The summed E-state index contributed by atoms with van der Waals surface area (Å²) >= 11 is 0. The third-order valence-electron chi connectivity index (χ3n) is 5.37. The normalized spacial score (nSPS) is 11.1. The van der Waals surface area contributed by atoms with Gasteiger partial charge in [0.05, 0.1) is 19.7 Å². The van der Waals surface area contributed by atoms with Crippen LogP contribution in [0.2, 0.25) is 0 Å². The van der Waals surface area contributed by atoms with Gasteiger partial charge in [-0.1, -0.05) is 42.5 Å². The highest BCUT2D eigenvalue weighted by molar-refractivity contribution is 5.98. The number of aromatic nitrogens is 3. The van der Waals surface area contributed by atoms with E-state index in [-0.39, 0.29) is 0 Å². The summed E-state index contributed by atoms with van der Waals surface area (Å²) in [6.07, 6.45) is 2.15. The van der Waals surface area contributed by atoms with Crippen molar-refractivity contribution in [3.8, 4) is 34.0 Å². The molecule has 0 spiro atoms. The Morgan fingerprint density at radius 3 is 2.20 bits per heavy atom. The Morgan fingerprint density at radius 1 is 0.767 bits per heavy atom. The van der Waals surface area contributed by atoms with Crippen molar-refractivity contribution in [3.63, 3.8) is 0 Å². The second-order valence-electron chi connectivity index (χ2n) is 7.17. The van der Waals surface area contributed by atoms with Gasteiger partial charge in [0.2, 0.25) is 0 Å². The predicted molar refractivity (Wildman–Crippen MR) is 118 cm³/mol. The molecule has 0 aliphatic carbocycles. The van der Waals surface area contributed by atoms with Gasteiger partial charge in [0.15, 0.2) is 0 Å². The summed E-state index contributed by atoms with van der Waals surface area (Å²) in [5.74, 6) is 1.65. The minimum Gasteiger partial charge on any atom is -0.497 e. The fourth-order valence-corrected chi connectivity index (χ4v) is 3.82. The minimum absolute atomic E-state index is 0.724. The summed E-state index contributed by atoms with van der Waals surface area (Å²) < 4.78 is 13.0. The molecule has 0 fully saturated rings. The zero-order chi connectivity index (χ0) is 20.5. The lowest BCUT2D eigenvalue weighted by molar-refractivity contribution is 0.414. The van der Waals surface area contributed by atoms with Gasteiger partial charge >= 0.3 is 0 Å². The zero-order valence-electron chi connectivity index (χ0n) is 16.9. The minimum atomic E-state index is 0.724. The number of methoxy groups -OCH3 is 2. The van der Waals surface area contributed by atoms with E-state index in [1.165, 1.54) is 5.56 Å². The molecule has 30 heavy (non-hydrogen) atoms. The van der Waals surface area contributed by atoms with Crippen LogP contribution in [0.3, 0.4) is 0 Å². The largest absolute Gasteiger partial charge is 0.497 e. The van der Waals surface area contributed by atoms with E-state index in [4.69, 9.17) is 9.47 Å². The second-order valence-corrected chi connectivity index (χ2v) is 7.17. The number of benzene rings is 3. The van der Waals surface area contributed by atoms with E-state index in [0.717, 1.165) is 51.5 Å². The maximum absolute atomic E-state index is 5.47. The fourth-order valence-electron chi connectivity index (χ4n) is 3.82. The first-order valence-corrected chi connectivity index (χ1v) is 9.78. The molecular weight excluding hydrogens is 374 g/mol. The number of nitrogens with zero attached hydrogens (tertiary/aromatic N) is 3. The van der Waals surface area contributed by atoms with Gasteiger partial charge in [-0.15, -0.1) is 10.2 Å².